The lowest BCUT2D eigenvalue weighted by atomic mass is 10.2. The molecule has 6 nitrogen and oxygen atoms in total. The Kier molecular flexibility index (Phi) is 4.38. The first-order chi connectivity index (χ1) is 11.1. The lowest BCUT2D eigenvalue weighted by molar-refractivity contribution is -0.120. The number of nitrogen functional groups attached to an aromatic ring is 1. The standard InChI is InChI=1S/C16H17N5OS/c1-21-9-11(8-19-21)7-18-15(22)6-12-10-23-16(20-12)13-4-2-3-5-14(13)17/h2-5,8-10H,6-7,17H2,1H3,(H,18,22). The van der Waals surface area contributed by atoms with Gasteiger partial charge in [-0.25, -0.2) is 4.98 Å². The second-order valence-corrected chi connectivity index (χ2v) is 6.07. The summed E-state index contributed by atoms with van der Waals surface area (Å²) in [4.78, 5) is 16.5. The van der Waals surface area contributed by atoms with Crippen LogP contribution in [0.1, 0.15) is 11.3 Å². The summed E-state index contributed by atoms with van der Waals surface area (Å²) in [5.74, 6) is -0.0632. The predicted octanol–water partition coefficient (Wildman–Crippen LogP) is 1.98. The van der Waals surface area contributed by atoms with Gasteiger partial charge >= 0.3 is 0 Å². The molecule has 0 radical (unpaired) electrons. The van der Waals surface area contributed by atoms with Crippen LogP contribution in [-0.4, -0.2) is 20.7 Å². The Morgan fingerprint density at radius 3 is 2.96 bits per heavy atom. The van der Waals surface area contributed by atoms with E-state index in [2.05, 4.69) is 15.4 Å². The molecule has 23 heavy (non-hydrogen) atoms. The monoisotopic (exact) mass is 327 g/mol. The van der Waals surface area contributed by atoms with E-state index >= 15 is 0 Å². The Labute approximate surface area is 138 Å². The Morgan fingerprint density at radius 2 is 2.22 bits per heavy atom. The average Bonchev–Trinajstić information content (AvgIpc) is 3.15. The van der Waals surface area contributed by atoms with Gasteiger partial charge in [-0.3, -0.25) is 9.48 Å². The van der Waals surface area contributed by atoms with Gasteiger partial charge in [0.15, 0.2) is 0 Å². The number of benzene rings is 1. The highest BCUT2D eigenvalue weighted by molar-refractivity contribution is 7.13. The molecule has 1 amide bonds. The van der Waals surface area contributed by atoms with E-state index in [1.807, 2.05) is 42.9 Å². The van der Waals surface area contributed by atoms with Gasteiger partial charge < -0.3 is 11.1 Å². The van der Waals surface area contributed by atoms with Crippen LogP contribution in [0.15, 0.2) is 42.0 Å². The molecule has 0 bridgehead atoms. The smallest absolute Gasteiger partial charge is 0.226 e. The zero-order valence-corrected chi connectivity index (χ0v) is 13.5. The minimum Gasteiger partial charge on any atom is -0.398 e. The van der Waals surface area contributed by atoms with Crippen molar-refractivity contribution in [1.82, 2.24) is 20.1 Å². The van der Waals surface area contributed by atoms with Crippen molar-refractivity contribution in [3.05, 3.63) is 53.3 Å². The third-order valence-corrected chi connectivity index (χ3v) is 4.26. The first-order valence-corrected chi connectivity index (χ1v) is 8.03. The Hall–Kier alpha value is -2.67. The number of para-hydroxylation sites is 1. The highest BCUT2D eigenvalue weighted by Crippen LogP contribution is 2.28. The van der Waals surface area contributed by atoms with E-state index in [4.69, 9.17) is 5.73 Å². The Bertz CT molecular complexity index is 823. The van der Waals surface area contributed by atoms with Gasteiger partial charge in [0.25, 0.3) is 0 Å². The molecular weight excluding hydrogens is 310 g/mol. The number of rotatable bonds is 5. The highest BCUT2D eigenvalue weighted by atomic mass is 32.1. The number of aryl methyl sites for hydroxylation is 1. The van der Waals surface area contributed by atoms with Crippen molar-refractivity contribution in [3.8, 4) is 10.6 Å². The number of nitrogens with two attached hydrogens (primary N) is 1. The lowest BCUT2D eigenvalue weighted by Crippen LogP contribution is -2.24. The van der Waals surface area contributed by atoms with Crippen LogP contribution in [0.5, 0.6) is 0 Å². The van der Waals surface area contributed by atoms with Gasteiger partial charge in [0.1, 0.15) is 5.01 Å². The Balaban J connectivity index is 1.60. The van der Waals surface area contributed by atoms with Gasteiger partial charge in [-0.1, -0.05) is 12.1 Å². The van der Waals surface area contributed by atoms with Crippen LogP contribution < -0.4 is 11.1 Å². The molecule has 0 aliphatic carbocycles. The highest BCUT2D eigenvalue weighted by Gasteiger charge is 2.10. The van der Waals surface area contributed by atoms with Crippen LogP contribution in [0.2, 0.25) is 0 Å². The molecule has 0 fully saturated rings. The van der Waals surface area contributed by atoms with Crippen LogP contribution in [0.3, 0.4) is 0 Å². The maximum absolute atomic E-state index is 12.0. The zero-order chi connectivity index (χ0) is 16.2. The fraction of sp³-hybridized carbons (Fsp3) is 0.188. The molecule has 3 aromatic rings. The van der Waals surface area contributed by atoms with Crippen molar-refractivity contribution in [2.24, 2.45) is 7.05 Å². The number of aromatic nitrogens is 3. The third-order valence-electron chi connectivity index (χ3n) is 3.33. The number of anilines is 1. The van der Waals surface area contributed by atoms with Crippen LogP contribution in [0.25, 0.3) is 10.6 Å². The molecule has 2 aromatic heterocycles. The molecule has 0 aliphatic rings. The van der Waals surface area contributed by atoms with Crippen LogP contribution >= 0.6 is 11.3 Å². The summed E-state index contributed by atoms with van der Waals surface area (Å²) in [5, 5.41) is 9.66. The maximum atomic E-state index is 12.0. The summed E-state index contributed by atoms with van der Waals surface area (Å²) in [5.41, 5.74) is 9.26. The molecule has 0 saturated carbocycles. The number of hydrogen-bond acceptors (Lipinski definition) is 5. The number of nitrogens with one attached hydrogen (secondary N) is 1. The fourth-order valence-electron chi connectivity index (χ4n) is 2.19. The van der Waals surface area contributed by atoms with Crippen LogP contribution in [-0.2, 0) is 24.8 Å². The molecule has 0 saturated heterocycles. The maximum Gasteiger partial charge on any atom is 0.226 e. The molecule has 0 unspecified atom stereocenters. The van der Waals surface area contributed by atoms with E-state index in [9.17, 15) is 4.79 Å². The van der Waals surface area contributed by atoms with E-state index in [0.717, 1.165) is 21.8 Å². The fourth-order valence-corrected chi connectivity index (χ4v) is 3.06. The van der Waals surface area contributed by atoms with Crippen molar-refractivity contribution in [2.45, 2.75) is 13.0 Å². The first kappa shape index (κ1) is 15.2. The predicted molar refractivity (Wildman–Crippen MR) is 90.7 cm³/mol. The molecule has 0 aliphatic heterocycles. The van der Waals surface area contributed by atoms with Crippen molar-refractivity contribution in [3.63, 3.8) is 0 Å². The minimum atomic E-state index is -0.0632. The summed E-state index contributed by atoms with van der Waals surface area (Å²) in [6.45, 7) is 0.468. The van der Waals surface area contributed by atoms with Crippen molar-refractivity contribution in [2.75, 3.05) is 5.73 Å². The first-order valence-electron chi connectivity index (χ1n) is 7.15. The van der Waals surface area contributed by atoms with Gasteiger partial charge in [-0.2, -0.15) is 5.10 Å². The molecule has 3 rings (SSSR count). The molecular formula is C16H17N5OS. The van der Waals surface area contributed by atoms with E-state index < -0.39 is 0 Å². The van der Waals surface area contributed by atoms with Crippen molar-refractivity contribution >= 4 is 22.9 Å². The van der Waals surface area contributed by atoms with Crippen LogP contribution in [0, 0.1) is 0 Å². The summed E-state index contributed by atoms with van der Waals surface area (Å²) in [6, 6.07) is 7.59. The largest absolute Gasteiger partial charge is 0.398 e. The third kappa shape index (κ3) is 3.75. The summed E-state index contributed by atoms with van der Waals surface area (Å²) in [7, 11) is 1.84. The second-order valence-electron chi connectivity index (χ2n) is 5.21. The quantitative estimate of drug-likeness (QED) is 0.702. The van der Waals surface area contributed by atoms with Gasteiger partial charge in [-0.05, 0) is 12.1 Å². The molecule has 1 aromatic carbocycles. The summed E-state index contributed by atoms with van der Waals surface area (Å²) in [6.07, 6.45) is 3.86. The summed E-state index contributed by atoms with van der Waals surface area (Å²) < 4.78 is 1.71. The molecule has 0 atom stereocenters. The minimum absolute atomic E-state index is 0.0632. The topological polar surface area (TPSA) is 85.8 Å². The number of nitrogens with zero attached hydrogens (tertiary/aromatic N) is 3. The SMILES string of the molecule is Cn1cc(CNC(=O)Cc2csc(-c3ccccc3N)n2)cn1. The van der Waals surface area contributed by atoms with Gasteiger partial charge in [-0.15, -0.1) is 11.3 Å². The number of carbonyl (C=O) groups is 1. The van der Waals surface area contributed by atoms with E-state index in [1.54, 1.807) is 10.9 Å². The Morgan fingerprint density at radius 1 is 1.39 bits per heavy atom. The molecule has 7 heteroatoms. The zero-order valence-electron chi connectivity index (χ0n) is 12.7. The van der Waals surface area contributed by atoms with Gasteiger partial charge in [0.2, 0.25) is 5.91 Å². The van der Waals surface area contributed by atoms with Gasteiger partial charge in [0.05, 0.1) is 18.3 Å². The number of amides is 1. The normalized spacial score (nSPS) is 10.7. The average molecular weight is 327 g/mol. The van der Waals surface area contributed by atoms with E-state index in [1.165, 1.54) is 11.3 Å². The lowest BCUT2D eigenvalue weighted by Gasteiger charge is -2.02. The van der Waals surface area contributed by atoms with Crippen molar-refractivity contribution in [1.29, 1.82) is 0 Å². The van der Waals surface area contributed by atoms with E-state index in [0.29, 0.717) is 12.2 Å². The van der Waals surface area contributed by atoms with E-state index in [-0.39, 0.29) is 12.3 Å². The molecule has 0 spiro atoms. The molecule has 3 N–H and O–H groups in total. The van der Waals surface area contributed by atoms with Gasteiger partial charge in [0, 0.05) is 42.0 Å². The van der Waals surface area contributed by atoms with Crippen molar-refractivity contribution < 1.29 is 4.79 Å². The molecule has 118 valence electrons. The van der Waals surface area contributed by atoms with Crippen LogP contribution in [0.4, 0.5) is 5.69 Å². The summed E-state index contributed by atoms with van der Waals surface area (Å²) >= 11 is 1.49. The number of hydrogen-bond donors (Lipinski definition) is 2. The second kappa shape index (κ2) is 6.62. The molecule has 2 heterocycles. The number of thiazole rings is 1. The number of carbonyl (C=O) groups excluding carboxylic acids is 1.